The van der Waals surface area contributed by atoms with Gasteiger partial charge in [-0.1, -0.05) is 0 Å². The minimum absolute atomic E-state index is 0.136. The number of carboxylic acid groups (broad SMARTS) is 1. The number of hydrogen-bond donors (Lipinski definition) is 2. The van der Waals surface area contributed by atoms with Crippen molar-refractivity contribution in [1.29, 1.82) is 5.26 Å². The van der Waals surface area contributed by atoms with Crippen LogP contribution in [0.5, 0.6) is 0 Å². The van der Waals surface area contributed by atoms with Crippen molar-refractivity contribution in [3.63, 3.8) is 0 Å². The number of piperazine rings is 1. The van der Waals surface area contributed by atoms with Gasteiger partial charge in [0.15, 0.2) is 0 Å². The van der Waals surface area contributed by atoms with Crippen LogP contribution in [-0.4, -0.2) is 54.1 Å². The number of carboxylic acids is 1. The summed E-state index contributed by atoms with van der Waals surface area (Å²) >= 11 is 0. The predicted molar refractivity (Wildman–Crippen MR) is 89.1 cm³/mol. The smallest absolute Gasteiger partial charge is 0.325 e. The second-order valence-corrected chi connectivity index (χ2v) is 5.65. The van der Waals surface area contributed by atoms with Gasteiger partial charge in [-0.15, -0.1) is 0 Å². The summed E-state index contributed by atoms with van der Waals surface area (Å²) in [5.41, 5.74) is 0.741. The second kappa shape index (κ2) is 8.15. The van der Waals surface area contributed by atoms with Gasteiger partial charge >= 0.3 is 5.97 Å². The van der Waals surface area contributed by atoms with Crippen molar-refractivity contribution in [1.82, 2.24) is 10.2 Å². The number of nitriles is 1. The summed E-state index contributed by atoms with van der Waals surface area (Å²) < 4.78 is 13.0. The van der Waals surface area contributed by atoms with Crippen LogP contribution in [0.3, 0.4) is 0 Å². The van der Waals surface area contributed by atoms with E-state index in [1.54, 1.807) is 23.1 Å². The van der Waals surface area contributed by atoms with Gasteiger partial charge in [-0.25, -0.2) is 4.39 Å². The molecular weight excluding hydrogens is 327 g/mol. The fourth-order valence-corrected chi connectivity index (χ4v) is 2.41. The molecule has 1 saturated heterocycles. The lowest BCUT2D eigenvalue weighted by Crippen LogP contribution is -2.49. The summed E-state index contributed by atoms with van der Waals surface area (Å²) in [5.74, 6) is -1.82. The second-order valence-electron chi connectivity index (χ2n) is 5.65. The Morgan fingerprint density at radius 2 is 1.88 bits per heavy atom. The first kappa shape index (κ1) is 18.3. The first-order valence-corrected chi connectivity index (χ1v) is 7.81. The molecule has 0 radical (unpaired) electrons. The fraction of sp³-hybridized carbons (Fsp3) is 0.353. The van der Waals surface area contributed by atoms with Crippen molar-refractivity contribution >= 4 is 17.6 Å². The first-order valence-electron chi connectivity index (χ1n) is 7.81. The van der Waals surface area contributed by atoms with Gasteiger partial charge in [-0.2, -0.15) is 5.26 Å². The first-order chi connectivity index (χ1) is 11.9. The van der Waals surface area contributed by atoms with E-state index in [9.17, 15) is 14.0 Å². The van der Waals surface area contributed by atoms with Crippen LogP contribution in [0.15, 0.2) is 36.0 Å². The Morgan fingerprint density at radius 1 is 1.28 bits per heavy atom. The number of carbonyl (C=O) groups is 2. The van der Waals surface area contributed by atoms with Crippen molar-refractivity contribution in [2.24, 2.45) is 0 Å². The van der Waals surface area contributed by atoms with Crippen LogP contribution in [0, 0.1) is 17.1 Å². The molecule has 0 spiro atoms. The van der Waals surface area contributed by atoms with Gasteiger partial charge in [0, 0.05) is 38.1 Å². The van der Waals surface area contributed by atoms with Crippen LogP contribution in [-0.2, 0) is 9.59 Å². The molecule has 1 aliphatic rings. The Hall–Kier alpha value is -3.08. The van der Waals surface area contributed by atoms with E-state index in [4.69, 9.17) is 10.4 Å². The Labute approximate surface area is 144 Å². The third kappa shape index (κ3) is 4.70. The summed E-state index contributed by atoms with van der Waals surface area (Å²) in [6.07, 6.45) is 1.15. The number of amides is 1. The number of carbonyl (C=O) groups excluding carboxylic acids is 1. The van der Waals surface area contributed by atoms with Crippen LogP contribution in [0.25, 0.3) is 0 Å². The van der Waals surface area contributed by atoms with Crippen LogP contribution in [0.2, 0.25) is 0 Å². The zero-order valence-corrected chi connectivity index (χ0v) is 13.8. The van der Waals surface area contributed by atoms with Gasteiger partial charge in [0.25, 0.3) is 5.91 Å². The monoisotopic (exact) mass is 346 g/mol. The van der Waals surface area contributed by atoms with E-state index in [0.29, 0.717) is 26.2 Å². The Morgan fingerprint density at radius 3 is 2.40 bits per heavy atom. The van der Waals surface area contributed by atoms with Crippen LogP contribution in [0.4, 0.5) is 10.1 Å². The van der Waals surface area contributed by atoms with Gasteiger partial charge in [-0.3, -0.25) is 9.59 Å². The van der Waals surface area contributed by atoms with Crippen molar-refractivity contribution < 1.29 is 19.1 Å². The molecule has 1 aliphatic heterocycles. The van der Waals surface area contributed by atoms with E-state index >= 15 is 0 Å². The maximum absolute atomic E-state index is 13.0. The zero-order chi connectivity index (χ0) is 18.4. The van der Waals surface area contributed by atoms with Gasteiger partial charge in [0.1, 0.15) is 23.5 Å². The molecule has 7 nitrogen and oxygen atoms in total. The lowest BCUT2D eigenvalue weighted by molar-refractivity contribution is -0.138. The molecule has 1 atom stereocenters. The lowest BCUT2D eigenvalue weighted by Gasteiger charge is -2.36. The Kier molecular flexibility index (Phi) is 5.95. The van der Waals surface area contributed by atoms with Crippen molar-refractivity contribution in [3.8, 4) is 6.07 Å². The number of rotatable bonds is 5. The summed E-state index contributed by atoms with van der Waals surface area (Å²) in [7, 11) is 0. The molecular formula is C17H19FN4O3. The van der Waals surface area contributed by atoms with E-state index in [1.807, 2.05) is 4.90 Å². The van der Waals surface area contributed by atoms with E-state index in [2.05, 4.69) is 5.32 Å². The lowest BCUT2D eigenvalue weighted by atomic mass is 10.2. The summed E-state index contributed by atoms with van der Waals surface area (Å²) in [6, 6.07) is 7.05. The number of nitrogens with zero attached hydrogens (tertiary/aromatic N) is 3. The van der Waals surface area contributed by atoms with Crippen molar-refractivity contribution in [3.05, 3.63) is 41.9 Å². The molecule has 1 fully saturated rings. The average molecular weight is 346 g/mol. The van der Waals surface area contributed by atoms with Gasteiger partial charge < -0.3 is 20.2 Å². The molecule has 132 valence electrons. The highest BCUT2D eigenvalue weighted by Crippen LogP contribution is 2.17. The molecule has 1 aromatic rings. The molecule has 0 saturated carbocycles. The third-order valence-electron chi connectivity index (χ3n) is 3.96. The molecule has 2 rings (SSSR count). The molecule has 2 N–H and O–H groups in total. The predicted octanol–water partition coefficient (Wildman–Crippen LogP) is 0.944. The molecule has 0 bridgehead atoms. The minimum atomic E-state index is -1.08. The van der Waals surface area contributed by atoms with E-state index in [-0.39, 0.29) is 11.4 Å². The van der Waals surface area contributed by atoms with Gasteiger partial charge in [0.05, 0.1) is 0 Å². The molecule has 0 aromatic heterocycles. The molecule has 0 aliphatic carbocycles. The van der Waals surface area contributed by atoms with E-state index in [1.165, 1.54) is 19.1 Å². The normalized spacial score (nSPS) is 16.1. The van der Waals surface area contributed by atoms with Crippen LogP contribution < -0.4 is 10.2 Å². The maximum Gasteiger partial charge on any atom is 0.325 e. The Balaban J connectivity index is 1.95. The fourth-order valence-electron chi connectivity index (χ4n) is 2.41. The van der Waals surface area contributed by atoms with Crippen LogP contribution in [0.1, 0.15) is 6.92 Å². The average Bonchev–Trinajstić information content (AvgIpc) is 2.62. The van der Waals surface area contributed by atoms with E-state index < -0.39 is 17.9 Å². The highest BCUT2D eigenvalue weighted by Gasteiger charge is 2.24. The SMILES string of the molecule is CC(N/C=C(/C#N)C(=O)N1CCN(c2ccc(F)cc2)CC1)C(=O)O. The summed E-state index contributed by atoms with van der Waals surface area (Å²) in [5, 5.41) is 20.5. The molecule has 1 amide bonds. The number of anilines is 1. The number of nitrogens with one attached hydrogen (secondary N) is 1. The highest BCUT2D eigenvalue weighted by molar-refractivity contribution is 5.97. The highest BCUT2D eigenvalue weighted by atomic mass is 19.1. The molecule has 1 aromatic carbocycles. The summed E-state index contributed by atoms with van der Waals surface area (Å²) in [4.78, 5) is 26.7. The van der Waals surface area contributed by atoms with Gasteiger partial charge in [0.2, 0.25) is 0 Å². The topological polar surface area (TPSA) is 96.7 Å². The summed E-state index contributed by atoms with van der Waals surface area (Å²) in [6.45, 7) is 3.39. The molecule has 1 heterocycles. The van der Waals surface area contributed by atoms with Crippen LogP contribution >= 0.6 is 0 Å². The van der Waals surface area contributed by atoms with Crippen molar-refractivity contribution in [2.75, 3.05) is 31.1 Å². The Bertz CT molecular complexity index is 704. The number of halogens is 1. The minimum Gasteiger partial charge on any atom is -0.480 e. The number of benzene rings is 1. The third-order valence-corrected chi connectivity index (χ3v) is 3.96. The quantitative estimate of drug-likeness (QED) is 0.608. The molecule has 8 heteroatoms. The largest absolute Gasteiger partial charge is 0.480 e. The van der Waals surface area contributed by atoms with Gasteiger partial charge in [-0.05, 0) is 31.2 Å². The molecule has 1 unspecified atom stereocenters. The maximum atomic E-state index is 13.0. The number of hydrogen-bond acceptors (Lipinski definition) is 5. The van der Waals surface area contributed by atoms with E-state index in [0.717, 1.165) is 11.9 Å². The number of aliphatic carboxylic acids is 1. The zero-order valence-electron chi connectivity index (χ0n) is 13.8. The van der Waals surface area contributed by atoms with Crippen molar-refractivity contribution in [2.45, 2.75) is 13.0 Å². The standard InChI is InChI=1S/C17H19FN4O3/c1-12(17(24)25)20-11-13(10-19)16(23)22-8-6-21(7-9-22)15-4-2-14(18)3-5-15/h2-5,11-12,20H,6-9H2,1H3,(H,24,25)/b13-11-. The molecule has 25 heavy (non-hydrogen) atoms.